The lowest BCUT2D eigenvalue weighted by Gasteiger charge is -2.39. The van der Waals surface area contributed by atoms with Crippen molar-refractivity contribution in [2.45, 2.75) is 51.6 Å². The number of rotatable bonds is 7. The maximum absolute atomic E-state index is 14.1. The van der Waals surface area contributed by atoms with Gasteiger partial charge in [0.15, 0.2) is 0 Å². The van der Waals surface area contributed by atoms with Gasteiger partial charge in [-0.05, 0) is 31.3 Å². The van der Waals surface area contributed by atoms with Crippen LogP contribution in [0.15, 0.2) is 52.7 Å². The van der Waals surface area contributed by atoms with Gasteiger partial charge in [0.2, 0.25) is 11.7 Å². The predicted molar refractivity (Wildman–Crippen MR) is 138 cm³/mol. The third-order valence-electron chi connectivity index (χ3n) is 7.07. The van der Waals surface area contributed by atoms with E-state index in [1.165, 1.54) is 6.33 Å². The van der Waals surface area contributed by atoms with Gasteiger partial charge in [0.1, 0.15) is 23.5 Å². The van der Waals surface area contributed by atoms with Gasteiger partial charge >= 0.3 is 0 Å². The molecule has 190 valence electrons. The molecule has 11 nitrogen and oxygen atoms in total. The highest BCUT2D eigenvalue weighted by molar-refractivity contribution is 6.06. The second kappa shape index (κ2) is 8.99. The number of allylic oxidation sites excluding steroid dienone is 4. The lowest BCUT2D eigenvalue weighted by Crippen LogP contribution is -2.45. The summed E-state index contributed by atoms with van der Waals surface area (Å²) in [5.41, 5.74) is 10.4. The molecule has 1 saturated carbocycles. The van der Waals surface area contributed by atoms with Crippen LogP contribution in [0.3, 0.4) is 0 Å². The third-order valence-corrected chi connectivity index (χ3v) is 7.07. The Hall–Kier alpha value is -4.28. The van der Waals surface area contributed by atoms with E-state index in [1.54, 1.807) is 11.6 Å². The number of nitrogens with zero attached hydrogens (tertiary/aromatic N) is 7. The molecule has 0 bridgehead atoms. The molecule has 37 heavy (non-hydrogen) atoms. The molecule has 1 fully saturated rings. The van der Waals surface area contributed by atoms with Crippen LogP contribution in [0.2, 0.25) is 0 Å². The Labute approximate surface area is 214 Å². The summed E-state index contributed by atoms with van der Waals surface area (Å²) < 4.78 is 6.94. The van der Waals surface area contributed by atoms with E-state index < -0.39 is 0 Å². The van der Waals surface area contributed by atoms with Crippen molar-refractivity contribution in [2.75, 3.05) is 11.1 Å². The van der Waals surface area contributed by atoms with Gasteiger partial charge in [-0.15, -0.1) is 0 Å². The topological polar surface area (TPSA) is 141 Å². The molecule has 2 atom stereocenters. The van der Waals surface area contributed by atoms with Crippen molar-refractivity contribution in [3.8, 4) is 11.4 Å². The van der Waals surface area contributed by atoms with Gasteiger partial charge in [0.05, 0.1) is 12.2 Å². The van der Waals surface area contributed by atoms with Crippen LogP contribution in [0.4, 0.5) is 11.6 Å². The zero-order valence-corrected chi connectivity index (χ0v) is 21.0. The first-order chi connectivity index (χ1) is 17.9. The Morgan fingerprint density at radius 3 is 2.81 bits per heavy atom. The minimum absolute atomic E-state index is 0.0108. The molecule has 1 aliphatic heterocycles. The Morgan fingerprint density at radius 2 is 2.14 bits per heavy atom. The van der Waals surface area contributed by atoms with Crippen LogP contribution in [-0.4, -0.2) is 52.8 Å². The number of aromatic nitrogens is 6. The molecular formula is C26H29N9O2. The van der Waals surface area contributed by atoms with Gasteiger partial charge in [-0.3, -0.25) is 9.48 Å². The Bertz CT molecular complexity index is 1460. The average molecular weight is 500 g/mol. The average Bonchev–Trinajstić information content (AvgIpc) is 3.48. The van der Waals surface area contributed by atoms with Gasteiger partial charge in [-0.25, -0.2) is 9.97 Å². The molecule has 3 aliphatic rings. The normalized spacial score (nSPS) is 20.2. The number of carbonyl (C=O) groups excluding carboxylic acids is 1. The first-order valence-electron chi connectivity index (χ1n) is 12.6. The summed E-state index contributed by atoms with van der Waals surface area (Å²) in [5, 5.41) is 11.9. The molecule has 0 radical (unpaired) electrons. The van der Waals surface area contributed by atoms with Crippen LogP contribution in [0.1, 0.15) is 44.1 Å². The number of nitrogens with two attached hydrogens (primary N) is 1. The number of nitrogen functional groups attached to an aromatic ring is 1. The second-order valence-corrected chi connectivity index (χ2v) is 9.70. The lowest BCUT2D eigenvalue weighted by atomic mass is 9.80. The Kier molecular flexibility index (Phi) is 5.62. The highest BCUT2D eigenvalue weighted by Crippen LogP contribution is 2.44. The molecule has 0 aromatic carbocycles. The highest BCUT2D eigenvalue weighted by Gasteiger charge is 2.44. The van der Waals surface area contributed by atoms with Crippen molar-refractivity contribution in [1.29, 1.82) is 0 Å². The highest BCUT2D eigenvalue weighted by atomic mass is 16.5. The van der Waals surface area contributed by atoms with Gasteiger partial charge in [-0.2, -0.15) is 10.1 Å². The molecular weight excluding hydrogens is 470 g/mol. The first-order valence-corrected chi connectivity index (χ1v) is 12.6. The molecule has 0 spiro atoms. The number of amides is 1. The minimum Gasteiger partial charge on any atom is -0.383 e. The summed E-state index contributed by atoms with van der Waals surface area (Å²) >= 11 is 0. The van der Waals surface area contributed by atoms with Crippen LogP contribution < -0.4 is 11.1 Å². The van der Waals surface area contributed by atoms with Crippen molar-refractivity contribution in [3.05, 3.63) is 59.7 Å². The minimum atomic E-state index is -0.181. The van der Waals surface area contributed by atoms with E-state index in [9.17, 15) is 4.79 Å². The summed E-state index contributed by atoms with van der Waals surface area (Å²) in [4.78, 5) is 29.0. The molecule has 4 heterocycles. The smallest absolute Gasteiger partial charge is 0.255 e. The van der Waals surface area contributed by atoms with E-state index in [4.69, 9.17) is 10.3 Å². The summed E-state index contributed by atoms with van der Waals surface area (Å²) in [6, 6.07) is 0.0128. The van der Waals surface area contributed by atoms with E-state index in [-0.39, 0.29) is 29.7 Å². The standard InChI is InChI=1S/C26H29N9O2/c1-4-19(32-24-22(23(27)28-13-29-24)25-31-14(2)37-33-25)20-10-15-6-5-7-18(16-11-30-34(3)12-16)21(15)26(36)35(20)17-8-9-17/h5,7,10-13,15,17,19H,4,6,8-9H2,1-3H3,(H3,27,28,29,32)/t15?,19-/m0/s1. The van der Waals surface area contributed by atoms with Crippen molar-refractivity contribution in [2.24, 2.45) is 13.0 Å². The fraction of sp³-hybridized carbons (Fsp3) is 0.385. The zero-order chi connectivity index (χ0) is 25.7. The lowest BCUT2D eigenvalue weighted by molar-refractivity contribution is -0.127. The summed E-state index contributed by atoms with van der Waals surface area (Å²) in [6.45, 7) is 3.80. The van der Waals surface area contributed by atoms with Gasteiger partial charge in [0, 0.05) is 49.0 Å². The van der Waals surface area contributed by atoms with Crippen LogP contribution in [0, 0.1) is 12.8 Å². The van der Waals surface area contributed by atoms with E-state index in [0.717, 1.165) is 48.1 Å². The molecule has 3 aromatic heterocycles. The van der Waals surface area contributed by atoms with Crippen molar-refractivity contribution in [1.82, 2.24) is 34.8 Å². The van der Waals surface area contributed by atoms with E-state index in [1.807, 2.05) is 24.3 Å². The molecule has 2 aliphatic carbocycles. The maximum atomic E-state index is 14.1. The number of aryl methyl sites for hydroxylation is 2. The first kappa shape index (κ1) is 23.1. The quantitative estimate of drug-likeness (QED) is 0.501. The molecule has 1 unspecified atom stereocenters. The predicted octanol–water partition coefficient (Wildman–Crippen LogP) is 3.26. The van der Waals surface area contributed by atoms with Crippen molar-refractivity contribution < 1.29 is 9.32 Å². The second-order valence-electron chi connectivity index (χ2n) is 9.70. The summed E-state index contributed by atoms with van der Waals surface area (Å²) in [7, 11) is 1.89. The van der Waals surface area contributed by atoms with Crippen LogP contribution in [0.25, 0.3) is 17.0 Å². The van der Waals surface area contributed by atoms with Gasteiger partial charge < -0.3 is 20.5 Å². The number of anilines is 2. The van der Waals surface area contributed by atoms with E-state index >= 15 is 0 Å². The van der Waals surface area contributed by atoms with Gasteiger partial charge in [0.25, 0.3) is 5.91 Å². The van der Waals surface area contributed by atoms with Crippen molar-refractivity contribution >= 4 is 23.1 Å². The van der Waals surface area contributed by atoms with E-state index in [0.29, 0.717) is 23.1 Å². The number of nitrogens with one attached hydrogen (secondary N) is 1. The number of fused-ring (bicyclic) bond motifs is 1. The zero-order valence-electron chi connectivity index (χ0n) is 21.0. The molecule has 6 rings (SSSR count). The number of carbonyl (C=O) groups is 1. The van der Waals surface area contributed by atoms with Crippen LogP contribution in [0.5, 0.6) is 0 Å². The summed E-state index contributed by atoms with van der Waals surface area (Å²) in [6.07, 6.45) is 15.1. The van der Waals surface area contributed by atoms with Crippen molar-refractivity contribution in [3.63, 3.8) is 0 Å². The molecule has 11 heteroatoms. The van der Waals surface area contributed by atoms with Crippen LogP contribution >= 0.6 is 0 Å². The van der Waals surface area contributed by atoms with Gasteiger partial charge in [-0.1, -0.05) is 30.3 Å². The molecule has 3 aromatic rings. The maximum Gasteiger partial charge on any atom is 0.255 e. The number of hydrogen-bond donors (Lipinski definition) is 2. The molecule has 1 amide bonds. The number of hydrogen-bond acceptors (Lipinski definition) is 9. The SMILES string of the molecule is CC[C@H](Nc1ncnc(N)c1-c1noc(C)n1)C1=CC2CC=CC(c3cnn(C)c3)=C2C(=O)N1C1CC1. The van der Waals surface area contributed by atoms with Crippen LogP contribution in [-0.2, 0) is 11.8 Å². The van der Waals surface area contributed by atoms with E-state index in [2.05, 4.69) is 55.7 Å². The molecule has 0 saturated heterocycles. The largest absolute Gasteiger partial charge is 0.383 e. The fourth-order valence-electron chi connectivity index (χ4n) is 5.18. The fourth-order valence-corrected chi connectivity index (χ4v) is 5.18. The monoisotopic (exact) mass is 499 g/mol. The Morgan fingerprint density at radius 1 is 1.30 bits per heavy atom. The molecule has 3 N–H and O–H groups in total. The Balaban J connectivity index is 1.41. The summed E-state index contributed by atoms with van der Waals surface area (Å²) in [5.74, 6) is 1.57. The third kappa shape index (κ3) is 4.09.